The number of hydrogen-bond acceptors (Lipinski definition) is 8. The molecule has 30 heavy (non-hydrogen) atoms. The standard InChI is InChI=1S/C21H24N8O/c1-13-16-6-5-9-28(16)20-18(27(13)3)11-22-21(26-20)25-15-7-8-17(19(10-15)30-4)29-14(2)23-12-24-29/h7-8,10-12,16H,1,5-6,9H2,2-4H3,(H,22,25,26). The third-order valence-corrected chi connectivity index (χ3v) is 5.83. The maximum absolute atomic E-state index is 5.58. The van der Waals surface area contributed by atoms with E-state index in [9.17, 15) is 0 Å². The summed E-state index contributed by atoms with van der Waals surface area (Å²) in [6.07, 6.45) is 5.63. The summed E-state index contributed by atoms with van der Waals surface area (Å²) in [5.41, 5.74) is 3.75. The number of nitrogens with one attached hydrogen (secondary N) is 1. The number of hydrogen-bond donors (Lipinski definition) is 1. The fraction of sp³-hybridized carbons (Fsp3) is 0.333. The molecule has 0 radical (unpaired) electrons. The van der Waals surface area contributed by atoms with Gasteiger partial charge in [0, 0.05) is 31.0 Å². The zero-order valence-corrected chi connectivity index (χ0v) is 17.3. The molecule has 5 rings (SSSR count). The van der Waals surface area contributed by atoms with Gasteiger partial charge in [-0.05, 0) is 31.9 Å². The molecule has 0 amide bonds. The summed E-state index contributed by atoms with van der Waals surface area (Å²) in [6, 6.07) is 6.12. The van der Waals surface area contributed by atoms with Crippen LogP contribution in [-0.2, 0) is 0 Å². The minimum atomic E-state index is 0.315. The SMILES string of the molecule is C=C1C2CCCN2c2nc(Nc3ccc(-n4ncnc4C)c(OC)c3)ncc2N1C. The first-order valence-corrected chi connectivity index (χ1v) is 9.95. The van der Waals surface area contributed by atoms with Crippen LogP contribution in [0.1, 0.15) is 18.7 Å². The lowest BCUT2D eigenvalue weighted by Gasteiger charge is -2.39. The van der Waals surface area contributed by atoms with Crippen LogP contribution in [0.3, 0.4) is 0 Å². The highest BCUT2D eigenvalue weighted by molar-refractivity contribution is 5.75. The molecule has 0 aliphatic carbocycles. The number of nitrogens with zero attached hydrogens (tertiary/aromatic N) is 7. The van der Waals surface area contributed by atoms with Gasteiger partial charge in [0.05, 0.1) is 19.3 Å². The zero-order valence-electron chi connectivity index (χ0n) is 17.3. The fourth-order valence-electron chi connectivity index (χ4n) is 4.21. The van der Waals surface area contributed by atoms with Crippen molar-refractivity contribution in [2.75, 3.05) is 35.8 Å². The van der Waals surface area contributed by atoms with Gasteiger partial charge in [-0.2, -0.15) is 10.1 Å². The summed E-state index contributed by atoms with van der Waals surface area (Å²) in [5.74, 6) is 2.97. The summed E-state index contributed by atoms with van der Waals surface area (Å²) in [6.45, 7) is 7.16. The van der Waals surface area contributed by atoms with Crippen molar-refractivity contribution >= 4 is 23.1 Å². The lowest BCUT2D eigenvalue weighted by atomic mass is 10.1. The van der Waals surface area contributed by atoms with Crippen molar-refractivity contribution in [2.45, 2.75) is 25.8 Å². The lowest BCUT2D eigenvalue weighted by molar-refractivity contribution is 0.411. The van der Waals surface area contributed by atoms with Gasteiger partial charge in [0.15, 0.2) is 5.82 Å². The van der Waals surface area contributed by atoms with Gasteiger partial charge >= 0.3 is 0 Å². The lowest BCUT2D eigenvalue weighted by Crippen LogP contribution is -2.42. The molecule has 1 aromatic carbocycles. The summed E-state index contributed by atoms with van der Waals surface area (Å²) in [4.78, 5) is 18.0. The first-order chi connectivity index (χ1) is 14.6. The minimum absolute atomic E-state index is 0.315. The molecule has 0 bridgehead atoms. The van der Waals surface area contributed by atoms with Crippen molar-refractivity contribution in [1.29, 1.82) is 0 Å². The van der Waals surface area contributed by atoms with E-state index in [4.69, 9.17) is 9.72 Å². The first-order valence-electron chi connectivity index (χ1n) is 9.95. The molecule has 1 saturated heterocycles. The topological polar surface area (TPSA) is 84.2 Å². The van der Waals surface area contributed by atoms with E-state index < -0.39 is 0 Å². The highest BCUT2D eigenvalue weighted by Gasteiger charge is 2.37. The second-order valence-electron chi connectivity index (χ2n) is 7.53. The van der Waals surface area contributed by atoms with Crippen molar-refractivity contribution in [3.05, 3.63) is 48.8 Å². The van der Waals surface area contributed by atoms with Gasteiger partial charge in [-0.3, -0.25) is 0 Å². The minimum Gasteiger partial charge on any atom is -0.494 e. The first kappa shape index (κ1) is 18.4. The van der Waals surface area contributed by atoms with Crippen molar-refractivity contribution in [2.24, 2.45) is 0 Å². The van der Waals surface area contributed by atoms with Crippen LogP contribution in [0.25, 0.3) is 5.69 Å². The van der Waals surface area contributed by atoms with Crippen LogP contribution < -0.4 is 19.9 Å². The quantitative estimate of drug-likeness (QED) is 0.710. The van der Waals surface area contributed by atoms with Gasteiger partial charge in [0.1, 0.15) is 29.3 Å². The van der Waals surface area contributed by atoms with E-state index in [-0.39, 0.29) is 0 Å². The Hall–Kier alpha value is -3.62. The van der Waals surface area contributed by atoms with Crippen LogP contribution in [0.15, 0.2) is 43.0 Å². The summed E-state index contributed by atoms with van der Waals surface area (Å²) >= 11 is 0. The Morgan fingerprint density at radius 3 is 2.87 bits per heavy atom. The number of benzene rings is 1. The van der Waals surface area contributed by atoms with Crippen LogP contribution in [0.4, 0.5) is 23.1 Å². The molecule has 2 aliphatic heterocycles. The molecule has 0 spiro atoms. The number of methoxy groups -OCH3 is 1. The molecule has 2 aliphatic rings. The summed E-state index contributed by atoms with van der Waals surface area (Å²) in [7, 11) is 3.67. The molecular weight excluding hydrogens is 380 g/mol. The predicted molar refractivity (Wildman–Crippen MR) is 116 cm³/mol. The van der Waals surface area contributed by atoms with Gasteiger partial charge in [0.2, 0.25) is 5.95 Å². The average Bonchev–Trinajstić information content (AvgIpc) is 3.41. The van der Waals surface area contributed by atoms with E-state index in [1.54, 1.807) is 11.8 Å². The van der Waals surface area contributed by atoms with Gasteiger partial charge in [0.25, 0.3) is 0 Å². The monoisotopic (exact) mass is 404 g/mol. The van der Waals surface area contributed by atoms with Crippen molar-refractivity contribution in [3.8, 4) is 11.4 Å². The van der Waals surface area contributed by atoms with Crippen LogP contribution in [-0.4, -0.2) is 51.5 Å². The third kappa shape index (κ3) is 2.85. The van der Waals surface area contributed by atoms with E-state index in [0.29, 0.717) is 17.7 Å². The maximum Gasteiger partial charge on any atom is 0.229 e. The molecule has 154 valence electrons. The van der Waals surface area contributed by atoms with E-state index in [2.05, 4.69) is 36.8 Å². The van der Waals surface area contributed by atoms with Crippen molar-refractivity contribution in [3.63, 3.8) is 0 Å². The second kappa shape index (κ2) is 7.01. The molecule has 3 aromatic rings. The van der Waals surface area contributed by atoms with E-state index in [1.807, 2.05) is 38.4 Å². The smallest absolute Gasteiger partial charge is 0.229 e. The number of aryl methyl sites for hydroxylation is 1. The summed E-state index contributed by atoms with van der Waals surface area (Å²) < 4.78 is 7.33. The van der Waals surface area contributed by atoms with Gasteiger partial charge in [-0.15, -0.1) is 0 Å². The molecule has 9 heteroatoms. The van der Waals surface area contributed by atoms with Gasteiger partial charge in [-0.25, -0.2) is 14.6 Å². The average molecular weight is 404 g/mol. The number of likely N-dealkylation sites (N-methyl/N-ethyl adjacent to an activating group) is 1. The molecule has 1 unspecified atom stereocenters. The Labute approximate surface area is 175 Å². The molecule has 9 nitrogen and oxygen atoms in total. The van der Waals surface area contributed by atoms with E-state index in [1.165, 1.54) is 6.33 Å². The summed E-state index contributed by atoms with van der Waals surface area (Å²) in [5, 5.41) is 7.57. The van der Waals surface area contributed by atoms with E-state index in [0.717, 1.165) is 53.8 Å². The van der Waals surface area contributed by atoms with Crippen molar-refractivity contribution in [1.82, 2.24) is 24.7 Å². The molecule has 4 heterocycles. The third-order valence-electron chi connectivity index (χ3n) is 5.83. The highest BCUT2D eigenvalue weighted by atomic mass is 16.5. The molecule has 0 saturated carbocycles. The molecule has 2 aromatic heterocycles. The molecule has 1 N–H and O–H groups in total. The number of fused-ring (bicyclic) bond motifs is 3. The van der Waals surface area contributed by atoms with E-state index >= 15 is 0 Å². The Morgan fingerprint density at radius 1 is 1.23 bits per heavy atom. The Bertz CT molecular complexity index is 1120. The number of rotatable bonds is 4. The van der Waals surface area contributed by atoms with Crippen LogP contribution in [0, 0.1) is 6.92 Å². The second-order valence-corrected chi connectivity index (χ2v) is 7.53. The Balaban J connectivity index is 1.46. The molecule has 1 atom stereocenters. The largest absolute Gasteiger partial charge is 0.494 e. The predicted octanol–water partition coefficient (Wildman–Crippen LogP) is 3.05. The van der Waals surface area contributed by atoms with Crippen molar-refractivity contribution < 1.29 is 4.74 Å². The van der Waals surface area contributed by atoms with Crippen LogP contribution in [0.2, 0.25) is 0 Å². The zero-order chi connectivity index (χ0) is 20.8. The number of ether oxygens (including phenoxy) is 1. The number of anilines is 4. The van der Waals surface area contributed by atoms with Gasteiger partial charge < -0.3 is 19.9 Å². The Kier molecular flexibility index (Phi) is 4.30. The van der Waals surface area contributed by atoms with Crippen LogP contribution >= 0.6 is 0 Å². The van der Waals surface area contributed by atoms with Crippen LogP contribution in [0.5, 0.6) is 5.75 Å². The highest BCUT2D eigenvalue weighted by Crippen LogP contribution is 2.41. The van der Waals surface area contributed by atoms with Gasteiger partial charge in [-0.1, -0.05) is 6.58 Å². The molecule has 1 fully saturated rings. The Morgan fingerprint density at radius 2 is 2.10 bits per heavy atom. The fourth-order valence-corrected chi connectivity index (χ4v) is 4.21. The molecular formula is C21H24N8O. The normalized spacial score (nSPS) is 17.7. The number of aromatic nitrogens is 5. The maximum atomic E-state index is 5.58.